The Morgan fingerprint density at radius 3 is 2.68 bits per heavy atom. The van der Waals surface area contributed by atoms with E-state index in [1.54, 1.807) is 51.3 Å². The third-order valence-corrected chi connectivity index (χ3v) is 7.33. The number of nitrogens with two attached hydrogens (primary N) is 1. The molecule has 0 bridgehead atoms. The number of guanidine groups is 1. The Kier molecular flexibility index (Phi) is 5.21. The van der Waals surface area contributed by atoms with Gasteiger partial charge in [-0.2, -0.15) is 0 Å². The van der Waals surface area contributed by atoms with E-state index < -0.39 is 16.8 Å². The minimum Gasteiger partial charge on any atom is -0.385 e. The molecule has 31 heavy (non-hydrogen) atoms. The fraction of sp³-hybridized carbons (Fsp3) is 0.348. The molecule has 1 aliphatic rings. The molecular weight excluding hydrogens is 413 g/mol. The number of anilines is 1. The minimum absolute atomic E-state index is 0.0837. The lowest BCUT2D eigenvalue weighted by atomic mass is 9.67. The van der Waals surface area contributed by atoms with Gasteiger partial charge in [0.15, 0.2) is 5.96 Å². The largest absolute Gasteiger partial charge is 0.385 e. The fourth-order valence-electron chi connectivity index (χ4n) is 3.92. The maximum Gasteiger partial charge on any atom is 0.237 e. The lowest BCUT2D eigenvalue weighted by molar-refractivity contribution is -0.140. The summed E-state index contributed by atoms with van der Waals surface area (Å²) in [4.78, 5) is 23.4. The Morgan fingerprint density at radius 2 is 1.94 bits per heavy atom. The van der Waals surface area contributed by atoms with E-state index >= 15 is 0 Å². The number of fused-ring (bicyclic) bond motifs is 1. The molecule has 3 aromatic rings. The summed E-state index contributed by atoms with van der Waals surface area (Å²) in [5.41, 5.74) is 5.98. The molecule has 6 nitrogen and oxygen atoms in total. The van der Waals surface area contributed by atoms with Crippen molar-refractivity contribution in [3.63, 3.8) is 0 Å². The van der Waals surface area contributed by atoms with Gasteiger partial charge >= 0.3 is 0 Å². The summed E-state index contributed by atoms with van der Waals surface area (Å²) in [6, 6.07) is 12.9. The second-order valence-corrected chi connectivity index (χ2v) is 9.59. The SMILES string of the molecule is CN1C(=O)C(C)(C)[C@@](C)(c2cc(NCCc3nc4ccccc4s3)ccc2F)N=C1N. The Bertz CT molecular complexity index is 1150. The molecule has 0 unspecified atom stereocenters. The third kappa shape index (κ3) is 3.54. The smallest absolute Gasteiger partial charge is 0.237 e. The van der Waals surface area contributed by atoms with Gasteiger partial charge in [0.25, 0.3) is 0 Å². The number of aromatic nitrogens is 1. The molecule has 3 N–H and O–H groups in total. The zero-order valence-corrected chi connectivity index (χ0v) is 18.9. The van der Waals surface area contributed by atoms with Gasteiger partial charge in [0.05, 0.1) is 20.6 Å². The summed E-state index contributed by atoms with van der Waals surface area (Å²) in [5, 5.41) is 4.39. The van der Waals surface area contributed by atoms with E-state index in [2.05, 4.69) is 21.4 Å². The van der Waals surface area contributed by atoms with Gasteiger partial charge in [0.2, 0.25) is 5.91 Å². The monoisotopic (exact) mass is 439 g/mol. The molecule has 1 amide bonds. The van der Waals surface area contributed by atoms with Crippen LogP contribution in [0, 0.1) is 11.2 Å². The number of hydrogen-bond donors (Lipinski definition) is 2. The summed E-state index contributed by atoms with van der Waals surface area (Å²) in [6.07, 6.45) is 0.753. The molecule has 162 valence electrons. The molecule has 1 aliphatic heterocycles. The number of halogens is 1. The number of hydrogen-bond acceptors (Lipinski definition) is 6. The van der Waals surface area contributed by atoms with E-state index in [1.807, 2.05) is 18.2 Å². The highest BCUT2D eigenvalue weighted by Gasteiger charge is 2.53. The van der Waals surface area contributed by atoms with Crippen LogP contribution >= 0.6 is 11.3 Å². The number of benzene rings is 2. The van der Waals surface area contributed by atoms with Crippen LogP contribution in [0.4, 0.5) is 10.1 Å². The lowest BCUT2D eigenvalue weighted by Gasteiger charge is -2.46. The van der Waals surface area contributed by atoms with Crippen molar-refractivity contribution in [2.24, 2.45) is 16.1 Å². The van der Waals surface area contributed by atoms with Crippen LogP contribution in [-0.2, 0) is 16.8 Å². The zero-order valence-electron chi connectivity index (χ0n) is 18.1. The lowest BCUT2D eigenvalue weighted by Crippen LogP contribution is -2.58. The van der Waals surface area contributed by atoms with Gasteiger partial charge in [0, 0.05) is 31.3 Å². The van der Waals surface area contributed by atoms with Gasteiger partial charge in [-0.25, -0.2) is 14.4 Å². The van der Waals surface area contributed by atoms with E-state index in [-0.39, 0.29) is 11.9 Å². The van der Waals surface area contributed by atoms with Crippen LogP contribution in [0.15, 0.2) is 47.5 Å². The van der Waals surface area contributed by atoms with Crippen molar-refractivity contribution in [3.8, 4) is 0 Å². The number of thiazole rings is 1. The maximum atomic E-state index is 14.9. The van der Waals surface area contributed by atoms with Gasteiger partial charge < -0.3 is 11.1 Å². The molecule has 2 heterocycles. The predicted octanol–water partition coefficient (Wildman–Crippen LogP) is 4.12. The van der Waals surface area contributed by atoms with Crippen LogP contribution in [-0.4, -0.2) is 35.3 Å². The molecule has 0 saturated heterocycles. The second-order valence-electron chi connectivity index (χ2n) is 8.48. The topological polar surface area (TPSA) is 83.6 Å². The van der Waals surface area contributed by atoms with Crippen LogP contribution in [0.25, 0.3) is 10.2 Å². The average molecular weight is 440 g/mol. The second kappa shape index (κ2) is 7.60. The summed E-state index contributed by atoms with van der Waals surface area (Å²) in [7, 11) is 1.58. The molecule has 0 fully saturated rings. The molecule has 0 saturated carbocycles. The molecule has 0 aliphatic carbocycles. The minimum atomic E-state index is -1.13. The van der Waals surface area contributed by atoms with Crippen molar-refractivity contribution >= 4 is 39.1 Å². The Labute approximate surface area is 185 Å². The molecule has 0 radical (unpaired) electrons. The summed E-state index contributed by atoms with van der Waals surface area (Å²) in [6.45, 7) is 5.95. The van der Waals surface area contributed by atoms with Crippen molar-refractivity contribution in [2.45, 2.75) is 32.7 Å². The Balaban J connectivity index is 1.57. The first kappa shape index (κ1) is 21.2. The first-order valence-corrected chi connectivity index (χ1v) is 11.0. The number of carbonyl (C=O) groups is 1. The first-order chi connectivity index (χ1) is 14.6. The first-order valence-electron chi connectivity index (χ1n) is 10.2. The highest BCUT2D eigenvalue weighted by molar-refractivity contribution is 7.18. The summed E-state index contributed by atoms with van der Waals surface area (Å²) >= 11 is 1.68. The Morgan fingerprint density at radius 1 is 1.19 bits per heavy atom. The highest BCUT2D eigenvalue weighted by atomic mass is 32.1. The molecule has 8 heteroatoms. The predicted molar refractivity (Wildman–Crippen MR) is 124 cm³/mol. The van der Waals surface area contributed by atoms with Crippen molar-refractivity contribution in [1.29, 1.82) is 0 Å². The van der Waals surface area contributed by atoms with Crippen LogP contribution in [0.3, 0.4) is 0 Å². The van der Waals surface area contributed by atoms with E-state index in [4.69, 9.17) is 5.73 Å². The quantitative estimate of drug-likeness (QED) is 0.626. The standard InChI is InChI=1S/C23H26FN5OS/c1-22(2)20(30)29(4)21(25)28-23(22,3)15-13-14(9-10-16(15)24)26-12-11-19-27-17-7-5-6-8-18(17)31-19/h5-10,13,26H,11-12H2,1-4H3,(H2,25,28)/t23-/m1/s1. The third-order valence-electron chi connectivity index (χ3n) is 6.24. The van der Waals surface area contributed by atoms with Crippen molar-refractivity contribution in [2.75, 3.05) is 18.9 Å². The molecular formula is C23H26FN5OS. The number of amides is 1. The van der Waals surface area contributed by atoms with Gasteiger partial charge in [-0.1, -0.05) is 12.1 Å². The van der Waals surface area contributed by atoms with E-state index in [0.717, 1.165) is 22.6 Å². The van der Waals surface area contributed by atoms with E-state index in [9.17, 15) is 9.18 Å². The number of aliphatic imine (C=N–C) groups is 1. The summed E-state index contributed by atoms with van der Waals surface area (Å²) < 4.78 is 16.1. The van der Waals surface area contributed by atoms with Gasteiger partial charge in [-0.05, 0) is 51.1 Å². The van der Waals surface area contributed by atoms with Gasteiger partial charge in [-0.15, -0.1) is 11.3 Å². The van der Waals surface area contributed by atoms with Crippen LogP contribution in [0.5, 0.6) is 0 Å². The normalized spacial score (nSPS) is 20.7. The van der Waals surface area contributed by atoms with Crippen LogP contribution < -0.4 is 11.1 Å². The molecule has 1 aromatic heterocycles. The number of carbonyl (C=O) groups excluding carboxylic acids is 1. The number of rotatable bonds is 5. The average Bonchev–Trinajstić information content (AvgIpc) is 3.15. The van der Waals surface area contributed by atoms with E-state index in [1.165, 1.54) is 15.7 Å². The number of nitrogens with one attached hydrogen (secondary N) is 1. The maximum absolute atomic E-state index is 14.9. The van der Waals surface area contributed by atoms with Gasteiger partial charge in [0.1, 0.15) is 11.4 Å². The molecule has 0 spiro atoms. The van der Waals surface area contributed by atoms with E-state index in [0.29, 0.717) is 12.1 Å². The van der Waals surface area contributed by atoms with Crippen molar-refractivity contribution in [1.82, 2.24) is 9.88 Å². The molecule has 2 aromatic carbocycles. The fourth-order valence-corrected chi connectivity index (χ4v) is 4.89. The van der Waals surface area contributed by atoms with Crippen molar-refractivity contribution in [3.05, 3.63) is 58.9 Å². The number of nitrogens with zero attached hydrogens (tertiary/aromatic N) is 3. The van der Waals surface area contributed by atoms with Crippen LogP contribution in [0.1, 0.15) is 31.3 Å². The Hall–Kier alpha value is -3.00. The van der Waals surface area contributed by atoms with Gasteiger partial charge in [-0.3, -0.25) is 9.69 Å². The molecule has 1 atom stereocenters. The van der Waals surface area contributed by atoms with Crippen LogP contribution in [0.2, 0.25) is 0 Å². The summed E-state index contributed by atoms with van der Waals surface area (Å²) in [5.74, 6) is -0.530. The van der Waals surface area contributed by atoms with Crippen molar-refractivity contribution < 1.29 is 9.18 Å². The molecule has 4 rings (SSSR count). The zero-order chi connectivity index (χ0) is 22.4. The highest BCUT2D eigenvalue weighted by Crippen LogP contribution is 2.47. The number of para-hydroxylation sites is 1.